The molecule has 8 heteroatoms. The monoisotopic (exact) mass is 376 g/mol. The van der Waals surface area contributed by atoms with Crippen molar-refractivity contribution in [1.29, 1.82) is 0 Å². The van der Waals surface area contributed by atoms with Crippen LogP contribution in [0.2, 0.25) is 0 Å². The third-order valence-electron chi connectivity index (χ3n) is 2.97. The molecule has 2 aromatic rings. The SMILES string of the molecule is CN(Cc1ccoc1)S(=O)(=O)c1cc(Br)cc(CN)c1F. The topological polar surface area (TPSA) is 76.5 Å². The van der Waals surface area contributed by atoms with Crippen LogP contribution in [0.25, 0.3) is 0 Å². The maximum Gasteiger partial charge on any atom is 0.246 e. The van der Waals surface area contributed by atoms with Crippen molar-refractivity contribution in [2.24, 2.45) is 5.73 Å². The molecule has 1 aromatic carbocycles. The summed E-state index contributed by atoms with van der Waals surface area (Å²) in [6.07, 6.45) is 2.89. The number of benzene rings is 1. The maximum atomic E-state index is 14.3. The first-order valence-electron chi connectivity index (χ1n) is 6.01. The van der Waals surface area contributed by atoms with Gasteiger partial charge in [-0.2, -0.15) is 4.31 Å². The Morgan fingerprint density at radius 1 is 1.43 bits per heavy atom. The smallest absolute Gasteiger partial charge is 0.246 e. The molecule has 0 saturated carbocycles. The lowest BCUT2D eigenvalue weighted by Gasteiger charge is -2.18. The van der Waals surface area contributed by atoms with E-state index in [4.69, 9.17) is 10.2 Å². The lowest BCUT2D eigenvalue weighted by molar-refractivity contribution is 0.456. The summed E-state index contributed by atoms with van der Waals surface area (Å²) < 4.78 is 45.7. The number of sulfonamides is 1. The van der Waals surface area contributed by atoms with Crippen molar-refractivity contribution in [2.75, 3.05) is 7.05 Å². The molecular formula is C13H14BrFN2O3S. The van der Waals surface area contributed by atoms with Gasteiger partial charge in [0.2, 0.25) is 10.0 Å². The lowest BCUT2D eigenvalue weighted by Crippen LogP contribution is -2.27. The Labute approximate surface area is 130 Å². The van der Waals surface area contributed by atoms with Gasteiger partial charge in [0.15, 0.2) is 0 Å². The number of rotatable bonds is 5. The van der Waals surface area contributed by atoms with Crippen molar-refractivity contribution in [1.82, 2.24) is 4.31 Å². The number of halogens is 2. The summed E-state index contributed by atoms with van der Waals surface area (Å²) in [6.45, 7) is 0.00197. The zero-order chi connectivity index (χ0) is 15.6. The van der Waals surface area contributed by atoms with E-state index in [0.717, 1.165) is 4.31 Å². The fourth-order valence-electron chi connectivity index (χ4n) is 1.85. The average molecular weight is 377 g/mol. The molecule has 5 nitrogen and oxygen atoms in total. The normalized spacial score (nSPS) is 12.0. The van der Waals surface area contributed by atoms with E-state index < -0.39 is 20.7 Å². The summed E-state index contributed by atoms with van der Waals surface area (Å²) >= 11 is 3.17. The van der Waals surface area contributed by atoms with Crippen LogP contribution >= 0.6 is 15.9 Å². The third-order valence-corrected chi connectivity index (χ3v) is 5.23. The predicted octanol–water partition coefficient (Wildman–Crippen LogP) is 2.46. The van der Waals surface area contributed by atoms with Gasteiger partial charge in [-0.1, -0.05) is 15.9 Å². The second-order valence-electron chi connectivity index (χ2n) is 4.47. The zero-order valence-corrected chi connectivity index (χ0v) is 13.6. The van der Waals surface area contributed by atoms with Crippen LogP contribution in [-0.4, -0.2) is 19.8 Å². The van der Waals surface area contributed by atoms with Gasteiger partial charge in [0.05, 0.1) is 12.5 Å². The molecule has 0 spiro atoms. The van der Waals surface area contributed by atoms with Crippen LogP contribution in [0, 0.1) is 5.82 Å². The quantitative estimate of drug-likeness (QED) is 0.869. The molecular weight excluding hydrogens is 363 g/mol. The summed E-state index contributed by atoms with van der Waals surface area (Å²) in [7, 11) is -2.59. The number of hydrogen-bond acceptors (Lipinski definition) is 4. The Morgan fingerprint density at radius 2 is 2.14 bits per heavy atom. The van der Waals surface area contributed by atoms with E-state index in [1.165, 1.54) is 31.7 Å². The van der Waals surface area contributed by atoms with Crippen LogP contribution in [0.3, 0.4) is 0 Å². The molecule has 0 atom stereocenters. The minimum atomic E-state index is -3.97. The Bertz CT molecular complexity index is 732. The largest absolute Gasteiger partial charge is 0.472 e. The predicted molar refractivity (Wildman–Crippen MR) is 79.4 cm³/mol. The lowest BCUT2D eigenvalue weighted by atomic mass is 10.2. The fraction of sp³-hybridized carbons (Fsp3) is 0.231. The van der Waals surface area contributed by atoms with Gasteiger partial charge in [-0.05, 0) is 18.2 Å². The fourth-order valence-corrected chi connectivity index (χ4v) is 3.79. The first kappa shape index (κ1) is 16.2. The number of hydrogen-bond donors (Lipinski definition) is 1. The summed E-state index contributed by atoms with van der Waals surface area (Å²) in [4.78, 5) is -0.400. The van der Waals surface area contributed by atoms with E-state index >= 15 is 0 Å². The van der Waals surface area contributed by atoms with Gasteiger partial charge < -0.3 is 10.2 Å². The molecule has 0 aliphatic rings. The molecule has 1 aromatic heterocycles. The Kier molecular flexibility index (Phi) is 4.82. The number of nitrogens with two attached hydrogens (primary N) is 1. The molecule has 21 heavy (non-hydrogen) atoms. The number of furan rings is 1. The first-order chi connectivity index (χ1) is 9.86. The summed E-state index contributed by atoms with van der Waals surface area (Å²) in [5.74, 6) is -0.820. The second-order valence-corrected chi connectivity index (χ2v) is 7.40. The van der Waals surface area contributed by atoms with Crippen LogP contribution in [-0.2, 0) is 23.1 Å². The van der Waals surface area contributed by atoms with Crippen LogP contribution in [0.4, 0.5) is 4.39 Å². The van der Waals surface area contributed by atoms with Crippen LogP contribution in [0.1, 0.15) is 11.1 Å². The van der Waals surface area contributed by atoms with Crippen molar-refractivity contribution < 1.29 is 17.2 Å². The molecule has 1 heterocycles. The van der Waals surface area contributed by atoms with Gasteiger partial charge in [-0.15, -0.1) is 0 Å². The molecule has 0 unspecified atom stereocenters. The molecule has 0 radical (unpaired) electrons. The molecule has 2 rings (SSSR count). The molecule has 0 aliphatic carbocycles. The van der Waals surface area contributed by atoms with Crippen molar-refractivity contribution in [3.8, 4) is 0 Å². The highest BCUT2D eigenvalue weighted by Crippen LogP contribution is 2.26. The van der Waals surface area contributed by atoms with Crippen molar-refractivity contribution in [3.63, 3.8) is 0 Å². The molecule has 0 bridgehead atoms. The van der Waals surface area contributed by atoms with E-state index in [1.54, 1.807) is 6.07 Å². The molecule has 0 aliphatic heterocycles. The van der Waals surface area contributed by atoms with E-state index in [2.05, 4.69) is 15.9 Å². The minimum Gasteiger partial charge on any atom is -0.472 e. The number of nitrogens with zero attached hydrogens (tertiary/aromatic N) is 1. The maximum absolute atomic E-state index is 14.3. The van der Waals surface area contributed by atoms with E-state index in [1.807, 2.05) is 0 Å². The molecule has 0 amide bonds. The summed E-state index contributed by atoms with van der Waals surface area (Å²) in [6, 6.07) is 4.34. The van der Waals surface area contributed by atoms with Gasteiger partial charge in [0, 0.05) is 35.7 Å². The first-order valence-corrected chi connectivity index (χ1v) is 8.25. The van der Waals surface area contributed by atoms with Crippen molar-refractivity contribution in [2.45, 2.75) is 18.0 Å². The van der Waals surface area contributed by atoms with E-state index in [0.29, 0.717) is 10.0 Å². The second kappa shape index (κ2) is 6.27. The molecule has 2 N–H and O–H groups in total. The van der Waals surface area contributed by atoms with Crippen molar-refractivity contribution in [3.05, 3.63) is 52.1 Å². The standard InChI is InChI=1S/C13H14BrFN2O3S/c1-17(7-9-2-3-20-8-9)21(18,19)12-5-11(14)4-10(6-16)13(12)15/h2-5,8H,6-7,16H2,1H3. The Balaban J connectivity index is 2.41. The van der Waals surface area contributed by atoms with E-state index in [-0.39, 0.29) is 18.7 Å². The van der Waals surface area contributed by atoms with Gasteiger partial charge in [0.1, 0.15) is 10.7 Å². The van der Waals surface area contributed by atoms with Crippen LogP contribution in [0.5, 0.6) is 0 Å². The van der Waals surface area contributed by atoms with E-state index in [9.17, 15) is 12.8 Å². The van der Waals surface area contributed by atoms with Crippen LogP contribution < -0.4 is 5.73 Å². The highest BCUT2D eigenvalue weighted by Gasteiger charge is 2.26. The highest BCUT2D eigenvalue weighted by molar-refractivity contribution is 9.10. The van der Waals surface area contributed by atoms with Gasteiger partial charge >= 0.3 is 0 Å². The third kappa shape index (κ3) is 3.34. The molecule has 0 fully saturated rings. The summed E-state index contributed by atoms with van der Waals surface area (Å²) in [5, 5.41) is 0. The van der Waals surface area contributed by atoms with Gasteiger partial charge in [0.25, 0.3) is 0 Å². The van der Waals surface area contributed by atoms with Gasteiger partial charge in [-0.25, -0.2) is 12.8 Å². The Hall–Kier alpha value is -1.22. The minimum absolute atomic E-state index is 0.0841. The highest BCUT2D eigenvalue weighted by atomic mass is 79.9. The summed E-state index contributed by atoms with van der Waals surface area (Å²) in [5.41, 5.74) is 6.25. The van der Waals surface area contributed by atoms with Crippen LogP contribution in [0.15, 0.2) is 44.5 Å². The molecule has 114 valence electrons. The zero-order valence-electron chi connectivity index (χ0n) is 11.2. The average Bonchev–Trinajstić information content (AvgIpc) is 2.93. The van der Waals surface area contributed by atoms with Crippen molar-refractivity contribution >= 4 is 26.0 Å². The molecule has 0 saturated heterocycles. The Morgan fingerprint density at radius 3 is 2.71 bits per heavy atom. The van der Waals surface area contributed by atoms with Gasteiger partial charge in [-0.3, -0.25) is 0 Å².